The van der Waals surface area contributed by atoms with Crippen molar-refractivity contribution in [2.75, 3.05) is 30.8 Å². The second-order valence-electron chi connectivity index (χ2n) is 5.44. The molecule has 1 saturated heterocycles. The molecule has 0 aromatic heterocycles. The molecule has 1 fully saturated rings. The Kier molecular flexibility index (Phi) is 6.17. The zero-order valence-corrected chi connectivity index (χ0v) is 13.3. The number of rotatable bonds is 4. The molecule has 0 atom stereocenters. The predicted octanol–water partition coefficient (Wildman–Crippen LogP) is 3.58. The molecule has 2 rings (SSSR count). The molecule has 0 unspecified atom stereocenters. The number of nitrogens with zero attached hydrogens (tertiary/aromatic N) is 1. The van der Waals surface area contributed by atoms with Crippen molar-refractivity contribution in [2.24, 2.45) is 5.92 Å². The van der Waals surface area contributed by atoms with Crippen LogP contribution in [0.4, 0.5) is 23.7 Å². The van der Waals surface area contributed by atoms with E-state index in [1.807, 2.05) is 0 Å². The highest BCUT2D eigenvalue weighted by atomic mass is 32.2. The summed E-state index contributed by atoms with van der Waals surface area (Å²) in [5.74, 6) is -0.782. The minimum Gasteiger partial charge on any atom is -0.396 e. The standard InChI is InChI=1S/C15H19F3N2O2S/c16-15(17,18)10-23-13-4-2-1-3-12(13)19-14(22)20-7-5-11(9-21)6-8-20/h1-4,11,21H,5-10H2,(H,19,22). The Morgan fingerprint density at radius 1 is 1.30 bits per heavy atom. The summed E-state index contributed by atoms with van der Waals surface area (Å²) >= 11 is 0.655. The molecule has 1 aromatic rings. The molecule has 0 radical (unpaired) electrons. The summed E-state index contributed by atoms with van der Waals surface area (Å²) in [6, 6.07) is 6.15. The number of halogens is 3. The maximum Gasteiger partial charge on any atom is 0.398 e. The molecule has 0 aliphatic carbocycles. The van der Waals surface area contributed by atoms with E-state index >= 15 is 0 Å². The molecule has 1 aliphatic heterocycles. The lowest BCUT2D eigenvalue weighted by Gasteiger charge is -2.31. The van der Waals surface area contributed by atoms with Crippen molar-refractivity contribution in [1.29, 1.82) is 0 Å². The van der Waals surface area contributed by atoms with E-state index in [1.54, 1.807) is 29.2 Å². The molecule has 0 bridgehead atoms. The number of thioether (sulfide) groups is 1. The van der Waals surface area contributed by atoms with Crippen LogP contribution in [-0.4, -0.2) is 47.7 Å². The quantitative estimate of drug-likeness (QED) is 0.818. The Hall–Kier alpha value is -1.41. The molecule has 1 heterocycles. The Morgan fingerprint density at radius 3 is 2.57 bits per heavy atom. The minimum absolute atomic E-state index is 0.117. The maximum atomic E-state index is 12.4. The van der Waals surface area contributed by atoms with Gasteiger partial charge in [0.2, 0.25) is 0 Å². The first-order chi connectivity index (χ1) is 10.9. The van der Waals surface area contributed by atoms with E-state index in [1.165, 1.54) is 0 Å². The van der Waals surface area contributed by atoms with Crippen LogP contribution in [0.1, 0.15) is 12.8 Å². The number of nitrogens with one attached hydrogen (secondary N) is 1. The second kappa shape index (κ2) is 7.92. The van der Waals surface area contributed by atoms with Gasteiger partial charge in [-0.2, -0.15) is 13.2 Å². The highest BCUT2D eigenvalue weighted by Gasteiger charge is 2.28. The average Bonchev–Trinajstić information content (AvgIpc) is 2.53. The van der Waals surface area contributed by atoms with Gasteiger partial charge in [0.05, 0.1) is 11.4 Å². The molecule has 2 amide bonds. The number of benzene rings is 1. The van der Waals surface area contributed by atoms with E-state index in [4.69, 9.17) is 5.11 Å². The predicted molar refractivity (Wildman–Crippen MR) is 83.6 cm³/mol. The lowest BCUT2D eigenvalue weighted by Crippen LogP contribution is -2.41. The van der Waals surface area contributed by atoms with Crippen molar-refractivity contribution in [3.05, 3.63) is 24.3 Å². The van der Waals surface area contributed by atoms with Crippen molar-refractivity contribution in [1.82, 2.24) is 4.90 Å². The number of likely N-dealkylation sites (tertiary alicyclic amines) is 1. The van der Waals surface area contributed by atoms with Gasteiger partial charge < -0.3 is 15.3 Å². The van der Waals surface area contributed by atoms with Crippen molar-refractivity contribution in [3.8, 4) is 0 Å². The number of aliphatic hydroxyl groups is 1. The SMILES string of the molecule is O=C(Nc1ccccc1SCC(F)(F)F)N1CCC(CO)CC1. The van der Waals surface area contributed by atoms with Crippen molar-refractivity contribution in [2.45, 2.75) is 23.9 Å². The van der Waals surface area contributed by atoms with Crippen LogP contribution in [0, 0.1) is 5.92 Å². The number of amides is 2. The molecule has 1 aromatic carbocycles. The number of anilines is 1. The van der Waals surface area contributed by atoms with E-state index < -0.39 is 11.9 Å². The van der Waals surface area contributed by atoms with Gasteiger partial charge in [-0.25, -0.2) is 4.79 Å². The van der Waals surface area contributed by atoms with E-state index in [9.17, 15) is 18.0 Å². The molecule has 8 heteroatoms. The third-order valence-electron chi connectivity index (χ3n) is 3.68. The zero-order valence-electron chi connectivity index (χ0n) is 12.5. The van der Waals surface area contributed by atoms with Gasteiger partial charge in [-0.15, -0.1) is 11.8 Å². The number of urea groups is 1. The number of hydrogen-bond donors (Lipinski definition) is 2. The molecule has 0 saturated carbocycles. The normalized spacial score (nSPS) is 16.4. The molecule has 1 aliphatic rings. The largest absolute Gasteiger partial charge is 0.398 e. The number of carbonyl (C=O) groups is 1. The average molecular weight is 348 g/mol. The van der Waals surface area contributed by atoms with E-state index in [0.717, 1.165) is 12.8 Å². The number of hydrogen-bond acceptors (Lipinski definition) is 3. The van der Waals surface area contributed by atoms with Gasteiger partial charge in [-0.3, -0.25) is 0 Å². The van der Waals surface area contributed by atoms with Crippen LogP contribution in [0.5, 0.6) is 0 Å². The van der Waals surface area contributed by atoms with Crippen molar-refractivity contribution < 1.29 is 23.1 Å². The Bertz CT molecular complexity index is 532. The summed E-state index contributed by atoms with van der Waals surface area (Å²) in [6.07, 6.45) is -2.79. The van der Waals surface area contributed by atoms with E-state index in [0.29, 0.717) is 35.4 Å². The summed E-state index contributed by atoms with van der Waals surface area (Å²) in [5, 5.41) is 11.8. The van der Waals surface area contributed by atoms with Gasteiger partial charge in [0.15, 0.2) is 0 Å². The molecular weight excluding hydrogens is 329 g/mol. The summed E-state index contributed by atoms with van der Waals surface area (Å²) in [4.78, 5) is 14.3. The van der Waals surface area contributed by atoms with Crippen LogP contribution >= 0.6 is 11.8 Å². The number of alkyl halides is 3. The zero-order chi connectivity index (χ0) is 16.9. The molecule has 0 spiro atoms. The van der Waals surface area contributed by atoms with Gasteiger partial charge in [0.1, 0.15) is 0 Å². The Balaban J connectivity index is 1.95. The molecule has 23 heavy (non-hydrogen) atoms. The number of aliphatic hydroxyl groups excluding tert-OH is 1. The maximum absolute atomic E-state index is 12.4. The fourth-order valence-electron chi connectivity index (χ4n) is 2.37. The summed E-state index contributed by atoms with van der Waals surface area (Å²) in [5.41, 5.74) is 0.385. The van der Waals surface area contributed by atoms with Gasteiger partial charge in [0, 0.05) is 24.6 Å². The van der Waals surface area contributed by atoms with E-state index in [-0.39, 0.29) is 18.6 Å². The first kappa shape index (κ1) is 17.9. The third kappa shape index (κ3) is 5.62. The van der Waals surface area contributed by atoms with Gasteiger partial charge >= 0.3 is 12.2 Å². The van der Waals surface area contributed by atoms with Crippen LogP contribution in [0.2, 0.25) is 0 Å². The topological polar surface area (TPSA) is 52.6 Å². The van der Waals surface area contributed by atoms with E-state index in [2.05, 4.69) is 5.32 Å². The van der Waals surface area contributed by atoms with Crippen molar-refractivity contribution >= 4 is 23.5 Å². The van der Waals surface area contributed by atoms with Crippen LogP contribution < -0.4 is 5.32 Å². The smallest absolute Gasteiger partial charge is 0.396 e. The fraction of sp³-hybridized carbons (Fsp3) is 0.533. The first-order valence-corrected chi connectivity index (χ1v) is 8.33. The van der Waals surface area contributed by atoms with Gasteiger partial charge in [-0.1, -0.05) is 12.1 Å². The highest BCUT2D eigenvalue weighted by Crippen LogP contribution is 2.32. The van der Waals surface area contributed by atoms with Crippen LogP contribution in [0.25, 0.3) is 0 Å². The van der Waals surface area contributed by atoms with Gasteiger partial charge in [0.25, 0.3) is 0 Å². The number of carbonyl (C=O) groups excluding carboxylic acids is 1. The monoisotopic (exact) mass is 348 g/mol. The molecule has 128 valence electrons. The minimum atomic E-state index is -4.26. The lowest BCUT2D eigenvalue weighted by molar-refractivity contribution is -0.105. The summed E-state index contributed by atoms with van der Waals surface area (Å²) < 4.78 is 37.1. The van der Waals surface area contributed by atoms with Crippen molar-refractivity contribution in [3.63, 3.8) is 0 Å². The van der Waals surface area contributed by atoms with Gasteiger partial charge in [-0.05, 0) is 30.9 Å². The summed E-state index contributed by atoms with van der Waals surface area (Å²) in [7, 11) is 0. The molecule has 2 N–H and O–H groups in total. The Morgan fingerprint density at radius 2 is 1.96 bits per heavy atom. The summed E-state index contributed by atoms with van der Waals surface area (Å²) in [6.45, 7) is 1.19. The van der Waals surface area contributed by atoms with Crippen LogP contribution in [0.3, 0.4) is 0 Å². The Labute approximate surface area is 137 Å². The third-order valence-corrected chi connectivity index (χ3v) is 4.82. The van der Waals surface area contributed by atoms with Crippen LogP contribution in [0.15, 0.2) is 29.2 Å². The fourth-order valence-corrected chi connectivity index (χ4v) is 3.14. The second-order valence-corrected chi connectivity index (χ2v) is 6.46. The lowest BCUT2D eigenvalue weighted by atomic mass is 9.98. The number of piperidine rings is 1. The molecule has 4 nitrogen and oxygen atoms in total. The van der Waals surface area contributed by atoms with Crippen LogP contribution in [-0.2, 0) is 0 Å². The highest BCUT2D eigenvalue weighted by molar-refractivity contribution is 7.99. The number of para-hydroxylation sites is 1. The molecular formula is C15H19F3N2O2S. The first-order valence-electron chi connectivity index (χ1n) is 7.34.